The summed E-state index contributed by atoms with van der Waals surface area (Å²) in [5.41, 5.74) is 0. The van der Waals surface area contributed by atoms with Gasteiger partial charge < -0.3 is 65.1 Å². The number of carbonyl (C=O) groups excluding carboxylic acids is 1. The van der Waals surface area contributed by atoms with Gasteiger partial charge in [-0.15, -0.1) is 0 Å². The van der Waals surface area contributed by atoms with Crippen LogP contribution in [0.3, 0.4) is 0 Å². The Morgan fingerprint density at radius 1 is 0.500 bits per heavy atom. The van der Waals surface area contributed by atoms with E-state index in [1.165, 1.54) is 109 Å². The van der Waals surface area contributed by atoms with E-state index in [-0.39, 0.29) is 18.9 Å². The van der Waals surface area contributed by atoms with Crippen LogP contribution in [0.4, 0.5) is 0 Å². The van der Waals surface area contributed by atoms with Crippen LogP contribution in [-0.2, 0) is 23.7 Å². The molecule has 2 heterocycles. The summed E-state index contributed by atoms with van der Waals surface area (Å²) in [5.74, 6) is -0.336. The molecule has 12 unspecified atom stereocenters. The number of nitrogens with one attached hydrogen (secondary N) is 1. The number of carbonyl (C=O) groups is 1. The fraction of sp³-hybridized carbons (Fsp3) is 0.750. The summed E-state index contributed by atoms with van der Waals surface area (Å²) < 4.78 is 22.7. The number of hydrogen-bond donors (Lipinski definition) is 9. The highest BCUT2D eigenvalue weighted by molar-refractivity contribution is 5.76. The van der Waals surface area contributed by atoms with Crippen molar-refractivity contribution in [3.63, 3.8) is 0 Å². The molecule has 0 saturated carbocycles. The van der Waals surface area contributed by atoms with Gasteiger partial charge in [0.25, 0.3) is 0 Å². The van der Waals surface area contributed by atoms with Crippen LogP contribution in [0.15, 0.2) is 85.1 Å². The molecule has 0 bridgehead atoms. The molecular weight excluding hydrogens is 943 g/mol. The summed E-state index contributed by atoms with van der Waals surface area (Å²) in [6.45, 7) is 2.59. The van der Waals surface area contributed by atoms with Crippen LogP contribution < -0.4 is 5.32 Å². The highest BCUT2D eigenvalue weighted by Gasteiger charge is 2.51. The molecule has 2 aliphatic rings. The SMILES string of the molecule is CC/C=C\C/C=C\C/C=C\C/C=C\CCC(=O)NC(COC1OC(CO)C(OC2OC(CO)C(O)C(O)C2O)C(O)C1O)C(O)/C=C/CC/C=C/CC/C=C/CCCCCCCCCCCCCCCCCCC. The molecule has 0 aliphatic carbocycles. The molecule has 0 aromatic rings. The van der Waals surface area contributed by atoms with Crippen molar-refractivity contribution in [1.29, 1.82) is 0 Å². The van der Waals surface area contributed by atoms with Gasteiger partial charge in [-0.3, -0.25) is 4.79 Å². The maximum absolute atomic E-state index is 13.1. The minimum atomic E-state index is -1.80. The molecule has 0 aromatic carbocycles. The number of rotatable bonds is 44. The molecule has 74 heavy (non-hydrogen) atoms. The number of aliphatic hydroxyl groups is 8. The van der Waals surface area contributed by atoms with Gasteiger partial charge in [-0.2, -0.15) is 0 Å². The van der Waals surface area contributed by atoms with E-state index in [0.29, 0.717) is 12.8 Å². The maximum Gasteiger partial charge on any atom is 0.220 e. The lowest BCUT2D eigenvalue weighted by Crippen LogP contribution is -2.65. The Labute approximate surface area is 446 Å². The zero-order valence-electron chi connectivity index (χ0n) is 45.6. The Morgan fingerprint density at radius 3 is 1.47 bits per heavy atom. The fourth-order valence-electron chi connectivity index (χ4n) is 8.92. The fourth-order valence-corrected chi connectivity index (χ4v) is 8.92. The van der Waals surface area contributed by atoms with E-state index in [2.05, 4.69) is 79.9 Å². The topological polar surface area (TPSA) is 228 Å². The third kappa shape index (κ3) is 30.8. The van der Waals surface area contributed by atoms with Crippen molar-refractivity contribution in [1.82, 2.24) is 5.32 Å². The minimum absolute atomic E-state index is 0.144. The lowest BCUT2D eigenvalue weighted by Gasteiger charge is -2.46. The van der Waals surface area contributed by atoms with Crippen molar-refractivity contribution >= 4 is 5.91 Å². The Morgan fingerprint density at radius 2 is 0.946 bits per heavy atom. The van der Waals surface area contributed by atoms with Gasteiger partial charge in [0.05, 0.1) is 32.0 Å². The molecule has 0 radical (unpaired) electrons. The molecule has 12 atom stereocenters. The average Bonchev–Trinajstić information content (AvgIpc) is 3.40. The number of allylic oxidation sites excluding steroid dienone is 13. The molecule has 2 rings (SSSR count). The smallest absolute Gasteiger partial charge is 0.220 e. The monoisotopic (exact) mass is 1050 g/mol. The number of amides is 1. The number of aliphatic hydroxyl groups excluding tert-OH is 8. The zero-order chi connectivity index (χ0) is 53.9. The minimum Gasteiger partial charge on any atom is -0.394 e. The van der Waals surface area contributed by atoms with Crippen molar-refractivity contribution in [2.24, 2.45) is 0 Å². The van der Waals surface area contributed by atoms with Crippen LogP contribution in [0, 0.1) is 0 Å². The molecule has 426 valence electrons. The van der Waals surface area contributed by atoms with Crippen LogP contribution in [-0.4, -0.2) is 140 Å². The number of hydrogen-bond acceptors (Lipinski definition) is 13. The first kappa shape index (κ1) is 67.3. The predicted molar refractivity (Wildman–Crippen MR) is 295 cm³/mol. The summed E-state index contributed by atoms with van der Waals surface area (Å²) in [6.07, 6.45) is 43.8. The Kier molecular flexibility index (Phi) is 41.1. The molecule has 0 aromatic heterocycles. The van der Waals surface area contributed by atoms with Gasteiger partial charge in [0.1, 0.15) is 48.8 Å². The van der Waals surface area contributed by atoms with E-state index in [0.717, 1.165) is 51.4 Å². The standard InChI is InChI=1S/C60H103NO13/c1-3-5-7-9-11-13-15-17-18-19-20-21-22-23-24-25-26-27-28-29-30-32-33-35-37-39-41-43-49(64)48(61-52(65)44-42-40-38-36-34-31-16-14-12-10-8-6-4-2)47-71-59-57(70)55(68)58(51(46-63)73-59)74-60-56(69)54(67)53(66)50(45-62)72-60/h6,8,12,14,28-29,31,33-35,38,40-41,43,48-51,53-60,62-64,66-70H,3-5,7,9-11,13,15-27,30,32,36-37,39,42,44-47H2,1-2H3,(H,61,65)/b8-6-,14-12-,29-28+,34-31-,35-33+,40-38-,43-41+. The second kappa shape index (κ2) is 45.2. The molecule has 2 aliphatic heterocycles. The Bertz CT molecular complexity index is 1560. The number of ether oxygens (including phenoxy) is 4. The summed E-state index contributed by atoms with van der Waals surface area (Å²) in [5, 5.41) is 86.8. The average molecular weight is 1050 g/mol. The highest BCUT2D eigenvalue weighted by Crippen LogP contribution is 2.30. The van der Waals surface area contributed by atoms with Gasteiger partial charge in [-0.05, 0) is 70.6 Å². The van der Waals surface area contributed by atoms with Gasteiger partial charge >= 0.3 is 0 Å². The van der Waals surface area contributed by atoms with Gasteiger partial charge in [0.15, 0.2) is 12.6 Å². The first-order chi connectivity index (χ1) is 36.1. The van der Waals surface area contributed by atoms with Crippen LogP contribution in [0.25, 0.3) is 0 Å². The number of unbranched alkanes of at least 4 members (excludes halogenated alkanes) is 19. The Hall–Kier alpha value is -2.83. The van der Waals surface area contributed by atoms with Gasteiger partial charge in [-0.1, -0.05) is 202 Å². The lowest BCUT2D eigenvalue weighted by atomic mass is 9.97. The van der Waals surface area contributed by atoms with E-state index in [1.54, 1.807) is 6.08 Å². The summed E-state index contributed by atoms with van der Waals surface area (Å²) >= 11 is 0. The predicted octanol–water partition coefficient (Wildman–Crippen LogP) is 9.33. The third-order valence-electron chi connectivity index (χ3n) is 13.6. The first-order valence-electron chi connectivity index (χ1n) is 28.8. The molecule has 14 nitrogen and oxygen atoms in total. The van der Waals surface area contributed by atoms with Gasteiger partial charge in [0.2, 0.25) is 5.91 Å². The third-order valence-corrected chi connectivity index (χ3v) is 13.6. The van der Waals surface area contributed by atoms with E-state index in [4.69, 9.17) is 18.9 Å². The van der Waals surface area contributed by atoms with Crippen molar-refractivity contribution in [2.45, 2.75) is 267 Å². The van der Waals surface area contributed by atoms with Crippen LogP contribution in [0.5, 0.6) is 0 Å². The molecule has 9 N–H and O–H groups in total. The van der Waals surface area contributed by atoms with E-state index in [9.17, 15) is 45.6 Å². The maximum atomic E-state index is 13.1. The van der Waals surface area contributed by atoms with Crippen molar-refractivity contribution in [2.75, 3.05) is 19.8 Å². The van der Waals surface area contributed by atoms with Crippen LogP contribution in [0.2, 0.25) is 0 Å². The van der Waals surface area contributed by atoms with Gasteiger partial charge in [0, 0.05) is 6.42 Å². The molecule has 2 fully saturated rings. The van der Waals surface area contributed by atoms with Crippen molar-refractivity contribution in [3.05, 3.63) is 85.1 Å². The Balaban J connectivity index is 1.79. The molecular formula is C60H103NO13. The second-order valence-corrected chi connectivity index (χ2v) is 20.0. The van der Waals surface area contributed by atoms with E-state index in [1.807, 2.05) is 18.2 Å². The molecule has 2 saturated heterocycles. The second-order valence-electron chi connectivity index (χ2n) is 20.0. The van der Waals surface area contributed by atoms with Crippen LogP contribution in [0.1, 0.15) is 194 Å². The first-order valence-corrected chi connectivity index (χ1v) is 28.8. The lowest BCUT2D eigenvalue weighted by molar-refractivity contribution is -0.359. The largest absolute Gasteiger partial charge is 0.394 e. The molecule has 1 amide bonds. The zero-order valence-corrected chi connectivity index (χ0v) is 45.6. The van der Waals surface area contributed by atoms with E-state index < -0.39 is 86.8 Å². The molecule has 0 spiro atoms. The summed E-state index contributed by atoms with van der Waals surface area (Å²) in [7, 11) is 0. The van der Waals surface area contributed by atoms with Crippen molar-refractivity contribution < 1.29 is 64.6 Å². The van der Waals surface area contributed by atoms with Crippen molar-refractivity contribution in [3.8, 4) is 0 Å². The van der Waals surface area contributed by atoms with Gasteiger partial charge in [-0.25, -0.2) is 0 Å². The summed E-state index contributed by atoms with van der Waals surface area (Å²) in [6, 6.07) is -0.980. The normalized spacial score (nSPS) is 25.9. The van der Waals surface area contributed by atoms with E-state index >= 15 is 0 Å². The highest BCUT2D eigenvalue weighted by atomic mass is 16.7. The quantitative estimate of drug-likeness (QED) is 0.0205. The van der Waals surface area contributed by atoms with Crippen LogP contribution >= 0.6 is 0 Å². The molecule has 14 heteroatoms. The summed E-state index contributed by atoms with van der Waals surface area (Å²) in [4.78, 5) is 13.1.